The number of carbonyl (C=O) groups is 1. The second-order valence-electron chi connectivity index (χ2n) is 8.19. The number of carbonyl (C=O) groups excluding carboxylic acids is 1. The van der Waals surface area contributed by atoms with Gasteiger partial charge < -0.3 is 4.74 Å². The molecule has 0 spiro atoms. The maximum atomic E-state index is 12.6. The van der Waals surface area contributed by atoms with Crippen molar-refractivity contribution >= 4 is 17.9 Å². The molecule has 0 saturated heterocycles. The van der Waals surface area contributed by atoms with Crippen molar-refractivity contribution in [3.05, 3.63) is 0 Å². The van der Waals surface area contributed by atoms with Gasteiger partial charge in [-0.15, -0.1) is 0 Å². The zero-order chi connectivity index (χ0) is 17.9. The average molecular weight is 379 g/mol. The number of alkyl halides is 3. The SMILES string of the molecule is O=C(OCCCCCCNSC(F)(F)F)C12CC3CC(CC(C3)C1)C2. The van der Waals surface area contributed by atoms with Gasteiger partial charge in [-0.25, -0.2) is 0 Å². The maximum Gasteiger partial charge on any atom is 0.456 e. The summed E-state index contributed by atoms with van der Waals surface area (Å²) >= 11 is -0.186. The number of halogens is 3. The van der Waals surface area contributed by atoms with Crippen LogP contribution >= 0.6 is 11.9 Å². The molecule has 0 aromatic rings. The minimum atomic E-state index is -4.22. The molecule has 0 aliphatic heterocycles. The normalized spacial score (nSPS) is 33.6. The number of hydrogen-bond donors (Lipinski definition) is 1. The quantitative estimate of drug-likeness (QED) is 0.345. The summed E-state index contributed by atoms with van der Waals surface area (Å²) in [5.41, 5.74) is -4.40. The van der Waals surface area contributed by atoms with Crippen LogP contribution < -0.4 is 4.72 Å². The Morgan fingerprint density at radius 1 is 1.00 bits per heavy atom. The predicted molar refractivity (Wildman–Crippen MR) is 91.7 cm³/mol. The molecule has 0 radical (unpaired) electrons. The van der Waals surface area contributed by atoms with E-state index in [0.717, 1.165) is 56.3 Å². The highest BCUT2D eigenvalue weighted by atomic mass is 32.2. The lowest BCUT2D eigenvalue weighted by atomic mass is 9.49. The molecule has 1 N–H and O–H groups in total. The Kier molecular flexibility index (Phi) is 6.24. The summed E-state index contributed by atoms with van der Waals surface area (Å²) in [7, 11) is 0. The molecule has 4 aliphatic rings. The van der Waals surface area contributed by atoms with E-state index in [0.29, 0.717) is 19.6 Å². The van der Waals surface area contributed by atoms with Crippen LogP contribution in [0.4, 0.5) is 13.2 Å². The third-order valence-electron chi connectivity index (χ3n) is 6.07. The molecular weight excluding hydrogens is 351 g/mol. The maximum absolute atomic E-state index is 12.6. The van der Waals surface area contributed by atoms with Crippen molar-refractivity contribution in [2.45, 2.75) is 69.7 Å². The van der Waals surface area contributed by atoms with E-state index in [1.54, 1.807) is 0 Å². The number of esters is 1. The Bertz CT molecular complexity index is 434. The van der Waals surface area contributed by atoms with Crippen molar-refractivity contribution in [2.24, 2.45) is 23.2 Å². The topological polar surface area (TPSA) is 38.3 Å². The van der Waals surface area contributed by atoms with Crippen molar-refractivity contribution in [3.8, 4) is 0 Å². The Balaban J connectivity index is 1.25. The van der Waals surface area contributed by atoms with Crippen molar-refractivity contribution < 1.29 is 22.7 Å². The molecule has 4 fully saturated rings. The highest BCUT2D eigenvalue weighted by molar-refractivity contribution is 7.98. The predicted octanol–water partition coefficient (Wildman–Crippen LogP) is 5.06. The van der Waals surface area contributed by atoms with Gasteiger partial charge in [0.1, 0.15) is 0 Å². The van der Waals surface area contributed by atoms with E-state index in [1.807, 2.05) is 0 Å². The molecule has 0 unspecified atom stereocenters. The van der Waals surface area contributed by atoms with Gasteiger partial charge in [0.05, 0.1) is 12.0 Å². The summed E-state index contributed by atoms with van der Waals surface area (Å²) in [4.78, 5) is 12.6. The highest BCUT2D eigenvalue weighted by Gasteiger charge is 2.55. The van der Waals surface area contributed by atoms with Gasteiger partial charge in [-0.3, -0.25) is 9.52 Å². The Labute approximate surface area is 152 Å². The van der Waals surface area contributed by atoms with Crippen LogP contribution in [0.1, 0.15) is 64.2 Å². The lowest BCUT2D eigenvalue weighted by Gasteiger charge is -2.55. The van der Waals surface area contributed by atoms with E-state index in [9.17, 15) is 18.0 Å². The van der Waals surface area contributed by atoms with E-state index in [-0.39, 0.29) is 23.3 Å². The fourth-order valence-corrected chi connectivity index (χ4v) is 5.87. The van der Waals surface area contributed by atoms with Crippen LogP contribution in [0.2, 0.25) is 0 Å². The van der Waals surface area contributed by atoms with Gasteiger partial charge in [0.25, 0.3) is 0 Å². The minimum absolute atomic E-state index is 0.0230. The van der Waals surface area contributed by atoms with Crippen molar-refractivity contribution in [1.82, 2.24) is 4.72 Å². The number of unbranched alkanes of at least 4 members (excludes halogenated alkanes) is 3. The molecule has 25 heavy (non-hydrogen) atoms. The van der Waals surface area contributed by atoms with Crippen LogP contribution in [-0.4, -0.2) is 24.6 Å². The molecule has 4 bridgehead atoms. The fourth-order valence-electron chi connectivity index (χ4n) is 5.46. The molecule has 4 saturated carbocycles. The summed E-state index contributed by atoms with van der Waals surface area (Å²) in [5.74, 6) is 2.23. The first-order chi connectivity index (χ1) is 11.9. The molecule has 4 rings (SSSR count). The van der Waals surface area contributed by atoms with Gasteiger partial charge in [0, 0.05) is 18.5 Å². The average Bonchev–Trinajstić information content (AvgIpc) is 2.50. The zero-order valence-corrected chi connectivity index (χ0v) is 15.4. The first-order valence-corrected chi connectivity index (χ1v) is 10.3. The van der Waals surface area contributed by atoms with E-state index < -0.39 is 5.51 Å². The van der Waals surface area contributed by atoms with E-state index in [1.165, 1.54) is 19.3 Å². The second kappa shape index (κ2) is 8.07. The van der Waals surface area contributed by atoms with Crippen LogP contribution in [0.5, 0.6) is 0 Å². The summed E-state index contributed by atoms with van der Waals surface area (Å²) in [6, 6.07) is 0. The van der Waals surface area contributed by atoms with E-state index in [2.05, 4.69) is 4.72 Å². The van der Waals surface area contributed by atoms with Crippen LogP contribution in [-0.2, 0) is 9.53 Å². The molecule has 0 heterocycles. The molecule has 0 atom stereocenters. The Morgan fingerprint density at radius 3 is 2.12 bits per heavy atom. The van der Waals surface area contributed by atoms with Crippen molar-refractivity contribution in [2.75, 3.05) is 13.2 Å². The lowest BCUT2D eigenvalue weighted by Crippen LogP contribution is -2.50. The minimum Gasteiger partial charge on any atom is -0.465 e. The summed E-state index contributed by atoms with van der Waals surface area (Å²) in [6.45, 7) is 0.794. The Morgan fingerprint density at radius 2 is 1.56 bits per heavy atom. The number of hydrogen-bond acceptors (Lipinski definition) is 4. The smallest absolute Gasteiger partial charge is 0.456 e. The number of nitrogens with one attached hydrogen (secondary N) is 1. The fraction of sp³-hybridized carbons (Fsp3) is 0.944. The standard InChI is InChI=1S/C18H28F3NO2S/c19-18(20,21)25-22-5-3-1-2-4-6-24-16(23)17-10-13-7-14(11-17)9-15(8-13)12-17/h13-15,22H,1-12H2. The van der Waals surface area contributed by atoms with Gasteiger partial charge >= 0.3 is 11.5 Å². The van der Waals surface area contributed by atoms with Crippen LogP contribution in [0, 0.1) is 23.2 Å². The molecule has 144 valence electrons. The first-order valence-electron chi connectivity index (χ1n) is 9.51. The molecule has 4 aliphatic carbocycles. The van der Waals surface area contributed by atoms with Gasteiger partial charge in [-0.2, -0.15) is 13.2 Å². The third kappa shape index (κ3) is 5.28. The molecule has 0 aromatic carbocycles. The highest BCUT2D eigenvalue weighted by Crippen LogP contribution is 2.60. The van der Waals surface area contributed by atoms with E-state index >= 15 is 0 Å². The van der Waals surface area contributed by atoms with Crippen LogP contribution in [0.3, 0.4) is 0 Å². The van der Waals surface area contributed by atoms with Gasteiger partial charge in [-0.1, -0.05) is 12.8 Å². The molecule has 0 amide bonds. The monoisotopic (exact) mass is 379 g/mol. The molecule has 3 nitrogen and oxygen atoms in total. The number of rotatable bonds is 9. The summed E-state index contributed by atoms with van der Waals surface area (Å²) in [6.07, 6.45) is 10.2. The zero-order valence-electron chi connectivity index (χ0n) is 14.6. The van der Waals surface area contributed by atoms with Gasteiger partial charge in [-0.05, 0) is 69.1 Å². The van der Waals surface area contributed by atoms with Gasteiger partial charge in [0.15, 0.2) is 0 Å². The van der Waals surface area contributed by atoms with Crippen molar-refractivity contribution in [3.63, 3.8) is 0 Å². The Hall–Kier alpha value is -0.430. The summed E-state index contributed by atoms with van der Waals surface area (Å²) < 4.78 is 43.7. The molecular formula is C18H28F3NO2S. The molecule has 7 heteroatoms. The van der Waals surface area contributed by atoms with Gasteiger partial charge in [0.2, 0.25) is 0 Å². The third-order valence-corrected chi connectivity index (χ3v) is 6.65. The number of ether oxygens (including phenoxy) is 1. The second-order valence-corrected chi connectivity index (χ2v) is 9.15. The van der Waals surface area contributed by atoms with Crippen LogP contribution in [0.15, 0.2) is 0 Å². The van der Waals surface area contributed by atoms with Crippen LogP contribution in [0.25, 0.3) is 0 Å². The molecule has 0 aromatic heterocycles. The summed E-state index contributed by atoms with van der Waals surface area (Å²) in [5, 5.41) is 0. The van der Waals surface area contributed by atoms with E-state index in [4.69, 9.17) is 4.74 Å². The van der Waals surface area contributed by atoms with Crippen molar-refractivity contribution in [1.29, 1.82) is 0 Å². The largest absolute Gasteiger partial charge is 0.465 e. The lowest BCUT2D eigenvalue weighted by molar-refractivity contribution is -0.171. The first kappa shape index (κ1) is 19.3.